The van der Waals surface area contributed by atoms with Crippen molar-refractivity contribution in [1.82, 2.24) is 10.2 Å². The number of nitrogens with one attached hydrogen (secondary N) is 1. The molecule has 1 aliphatic carbocycles. The second kappa shape index (κ2) is 5.50. The van der Waals surface area contributed by atoms with Gasteiger partial charge in [0.15, 0.2) is 0 Å². The third-order valence-electron chi connectivity index (χ3n) is 3.86. The molecular formula is C14H28N2. The Bertz CT molecular complexity index is 199. The lowest BCUT2D eigenvalue weighted by atomic mass is 9.91. The highest BCUT2D eigenvalue weighted by molar-refractivity contribution is 4.90. The van der Waals surface area contributed by atoms with E-state index in [1.165, 1.54) is 45.3 Å². The maximum Gasteiger partial charge on any atom is 0.0200 e. The summed E-state index contributed by atoms with van der Waals surface area (Å²) in [6.07, 6.45) is 5.58. The van der Waals surface area contributed by atoms with E-state index >= 15 is 0 Å². The van der Waals surface area contributed by atoms with Crippen LogP contribution >= 0.6 is 0 Å². The molecule has 1 aliphatic heterocycles. The normalized spacial score (nSPS) is 32.2. The van der Waals surface area contributed by atoms with Gasteiger partial charge in [0.05, 0.1) is 0 Å². The Kier molecular flexibility index (Phi) is 4.26. The highest BCUT2D eigenvalue weighted by Crippen LogP contribution is 2.25. The second-order valence-electron chi connectivity index (χ2n) is 6.26. The van der Waals surface area contributed by atoms with Crippen LogP contribution in [0.1, 0.15) is 46.5 Å². The molecular weight excluding hydrogens is 196 g/mol. The number of hydrogen-bond donors (Lipinski definition) is 1. The third kappa shape index (κ3) is 3.74. The average Bonchev–Trinajstić information content (AvgIpc) is 3.00. The summed E-state index contributed by atoms with van der Waals surface area (Å²) in [7, 11) is 0. The van der Waals surface area contributed by atoms with Gasteiger partial charge < -0.3 is 10.2 Å². The zero-order valence-electron chi connectivity index (χ0n) is 11.2. The summed E-state index contributed by atoms with van der Waals surface area (Å²) in [5.41, 5.74) is 0. The van der Waals surface area contributed by atoms with Gasteiger partial charge in [0.25, 0.3) is 0 Å². The summed E-state index contributed by atoms with van der Waals surface area (Å²) in [4.78, 5) is 2.68. The molecule has 1 saturated carbocycles. The first-order chi connectivity index (χ1) is 7.67. The Balaban J connectivity index is 1.83. The Morgan fingerprint density at radius 3 is 2.50 bits per heavy atom. The Hall–Kier alpha value is -0.0800. The lowest BCUT2D eigenvalue weighted by Crippen LogP contribution is -2.50. The highest BCUT2D eigenvalue weighted by Gasteiger charge is 2.30. The van der Waals surface area contributed by atoms with Gasteiger partial charge in [-0.15, -0.1) is 0 Å². The predicted molar refractivity (Wildman–Crippen MR) is 69.6 cm³/mol. The van der Waals surface area contributed by atoms with Crippen LogP contribution in [0.3, 0.4) is 0 Å². The van der Waals surface area contributed by atoms with E-state index in [9.17, 15) is 0 Å². The van der Waals surface area contributed by atoms with E-state index in [4.69, 9.17) is 0 Å². The minimum absolute atomic E-state index is 0.768. The van der Waals surface area contributed by atoms with Crippen LogP contribution in [0.5, 0.6) is 0 Å². The van der Waals surface area contributed by atoms with Crippen LogP contribution in [0.2, 0.25) is 0 Å². The smallest absolute Gasteiger partial charge is 0.0200 e. The third-order valence-corrected chi connectivity index (χ3v) is 3.86. The minimum Gasteiger partial charge on any atom is -0.310 e. The van der Waals surface area contributed by atoms with Gasteiger partial charge in [0.1, 0.15) is 0 Å². The van der Waals surface area contributed by atoms with Gasteiger partial charge in [-0.1, -0.05) is 27.2 Å². The quantitative estimate of drug-likeness (QED) is 0.772. The Labute approximate surface area is 101 Å². The van der Waals surface area contributed by atoms with Crippen LogP contribution in [-0.4, -0.2) is 36.6 Å². The first kappa shape index (κ1) is 12.4. The van der Waals surface area contributed by atoms with Crippen molar-refractivity contribution in [1.29, 1.82) is 0 Å². The Morgan fingerprint density at radius 1 is 1.19 bits per heavy atom. The number of hydrogen-bond acceptors (Lipinski definition) is 2. The van der Waals surface area contributed by atoms with Gasteiger partial charge in [-0.05, 0) is 31.1 Å². The standard InChI is InChI=1S/C14H28N2/c1-4-12-7-14(15-13-5-6-13)10-16(9-12)8-11(2)3/h11-15H,4-10H2,1-3H3. The number of rotatable bonds is 5. The first-order valence-corrected chi connectivity index (χ1v) is 7.15. The molecule has 1 N–H and O–H groups in total. The minimum atomic E-state index is 0.768. The van der Waals surface area contributed by atoms with Gasteiger partial charge in [0, 0.05) is 31.7 Å². The van der Waals surface area contributed by atoms with E-state index < -0.39 is 0 Å². The van der Waals surface area contributed by atoms with Crippen LogP contribution in [0.15, 0.2) is 0 Å². The average molecular weight is 224 g/mol. The van der Waals surface area contributed by atoms with Crippen LogP contribution in [-0.2, 0) is 0 Å². The summed E-state index contributed by atoms with van der Waals surface area (Å²) in [5, 5.41) is 3.82. The maximum atomic E-state index is 3.82. The van der Waals surface area contributed by atoms with E-state index in [1.807, 2.05) is 0 Å². The lowest BCUT2D eigenvalue weighted by Gasteiger charge is -2.39. The topological polar surface area (TPSA) is 15.3 Å². The summed E-state index contributed by atoms with van der Waals surface area (Å²) in [6, 6.07) is 1.63. The summed E-state index contributed by atoms with van der Waals surface area (Å²) in [6.45, 7) is 10.9. The van der Waals surface area contributed by atoms with Crippen LogP contribution in [0.25, 0.3) is 0 Å². The van der Waals surface area contributed by atoms with Crippen molar-refractivity contribution in [2.75, 3.05) is 19.6 Å². The molecule has 2 atom stereocenters. The highest BCUT2D eigenvalue weighted by atomic mass is 15.2. The van der Waals surface area contributed by atoms with Gasteiger partial charge in [-0.2, -0.15) is 0 Å². The molecule has 2 rings (SSSR count). The molecule has 0 bridgehead atoms. The number of piperidine rings is 1. The van der Waals surface area contributed by atoms with Crippen molar-refractivity contribution in [3.63, 3.8) is 0 Å². The van der Waals surface area contributed by atoms with Crippen LogP contribution < -0.4 is 5.32 Å². The molecule has 0 aromatic heterocycles. The fourth-order valence-electron chi connectivity index (χ4n) is 2.97. The van der Waals surface area contributed by atoms with Gasteiger partial charge in [0.2, 0.25) is 0 Å². The van der Waals surface area contributed by atoms with Crippen molar-refractivity contribution in [2.45, 2.75) is 58.5 Å². The molecule has 16 heavy (non-hydrogen) atoms. The molecule has 0 amide bonds. The van der Waals surface area contributed by atoms with E-state index in [2.05, 4.69) is 31.0 Å². The van der Waals surface area contributed by atoms with E-state index in [-0.39, 0.29) is 0 Å². The summed E-state index contributed by atoms with van der Waals surface area (Å²) < 4.78 is 0. The van der Waals surface area contributed by atoms with Crippen molar-refractivity contribution in [3.8, 4) is 0 Å². The number of nitrogens with zero attached hydrogens (tertiary/aromatic N) is 1. The zero-order valence-corrected chi connectivity index (χ0v) is 11.2. The fourth-order valence-corrected chi connectivity index (χ4v) is 2.97. The monoisotopic (exact) mass is 224 g/mol. The summed E-state index contributed by atoms with van der Waals surface area (Å²) >= 11 is 0. The molecule has 2 nitrogen and oxygen atoms in total. The van der Waals surface area contributed by atoms with E-state index in [1.54, 1.807) is 0 Å². The lowest BCUT2D eigenvalue weighted by molar-refractivity contribution is 0.125. The van der Waals surface area contributed by atoms with Crippen molar-refractivity contribution in [3.05, 3.63) is 0 Å². The molecule has 2 unspecified atom stereocenters. The first-order valence-electron chi connectivity index (χ1n) is 7.15. The van der Waals surface area contributed by atoms with Gasteiger partial charge in [-0.3, -0.25) is 0 Å². The number of likely N-dealkylation sites (tertiary alicyclic amines) is 1. The molecule has 0 aromatic carbocycles. The molecule has 2 aliphatic rings. The molecule has 0 spiro atoms. The van der Waals surface area contributed by atoms with Gasteiger partial charge in [-0.25, -0.2) is 0 Å². The molecule has 0 aromatic rings. The molecule has 0 radical (unpaired) electrons. The second-order valence-corrected chi connectivity index (χ2v) is 6.26. The molecule has 1 heterocycles. The maximum absolute atomic E-state index is 3.82. The Morgan fingerprint density at radius 2 is 1.94 bits per heavy atom. The van der Waals surface area contributed by atoms with Crippen LogP contribution in [0.4, 0.5) is 0 Å². The van der Waals surface area contributed by atoms with E-state index in [0.717, 1.165) is 23.9 Å². The van der Waals surface area contributed by atoms with E-state index in [0.29, 0.717) is 0 Å². The SMILES string of the molecule is CCC1CC(NC2CC2)CN(CC(C)C)C1. The van der Waals surface area contributed by atoms with Crippen molar-refractivity contribution < 1.29 is 0 Å². The van der Waals surface area contributed by atoms with Gasteiger partial charge >= 0.3 is 0 Å². The molecule has 2 fully saturated rings. The fraction of sp³-hybridized carbons (Fsp3) is 1.00. The molecule has 94 valence electrons. The predicted octanol–water partition coefficient (Wildman–Crippen LogP) is 2.49. The van der Waals surface area contributed by atoms with Crippen molar-refractivity contribution in [2.24, 2.45) is 11.8 Å². The molecule has 2 heteroatoms. The van der Waals surface area contributed by atoms with Crippen molar-refractivity contribution >= 4 is 0 Å². The zero-order chi connectivity index (χ0) is 11.5. The summed E-state index contributed by atoms with van der Waals surface area (Å²) in [5.74, 6) is 1.72. The largest absolute Gasteiger partial charge is 0.310 e. The molecule has 1 saturated heterocycles. The van der Waals surface area contributed by atoms with Crippen LogP contribution in [0, 0.1) is 11.8 Å².